The molecule has 1 N–H and O–H groups in total. The number of carbonyl (C=O) groups excluding carboxylic acids is 1. The third-order valence-corrected chi connectivity index (χ3v) is 6.93. The van der Waals surface area contributed by atoms with E-state index in [2.05, 4.69) is 22.3 Å². The van der Waals surface area contributed by atoms with Crippen LogP contribution in [0, 0.1) is 17.8 Å². The molecule has 6 nitrogen and oxygen atoms in total. The molecule has 0 radical (unpaired) electrons. The fourth-order valence-corrected chi connectivity index (χ4v) is 4.61. The van der Waals surface area contributed by atoms with Gasteiger partial charge in [0.25, 0.3) is 5.91 Å². The van der Waals surface area contributed by atoms with Gasteiger partial charge in [0.1, 0.15) is 5.75 Å². The van der Waals surface area contributed by atoms with Gasteiger partial charge < -0.3 is 10.1 Å². The highest BCUT2D eigenvalue weighted by Crippen LogP contribution is 2.38. The number of halogens is 4. The smallest absolute Gasteiger partial charge is 0.391 e. The number of carbonyl (C=O) groups is 1. The first-order chi connectivity index (χ1) is 16.0. The molecule has 0 aliphatic heterocycles. The second-order valence-electron chi connectivity index (χ2n) is 9.19. The lowest BCUT2D eigenvalue weighted by molar-refractivity contribution is -0.169. The van der Waals surface area contributed by atoms with Gasteiger partial charge in [0, 0.05) is 37.5 Å². The van der Waals surface area contributed by atoms with E-state index in [4.69, 9.17) is 16.3 Å². The molecule has 2 aromatic rings. The predicted octanol–water partition coefficient (Wildman–Crippen LogP) is 5.92. The number of hydrogen-bond acceptors (Lipinski definition) is 4. The van der Waals surface area contributed by atoms with Crippen molar-refractivity contribution in [2.24, 2.45) is 17.8 Å². The van der Waals surface area contributed by atoms with Gasteiger partial charge in [0.15, 0.2) is 5.69 Å². The number of amides is 1. The maximum atomic E-state index is 13.0. The summed E-state index contributed by atoms with van der Waals surface area (Å²) in [6, 6.07) is 1.48. The fraction of sp³-hybridized carbons (Fsp3) is 0.625. The molecule has 0 bridgehead atoms. The Bertz CT molecular complexity index is 1000. The summed E-state index contributed by atoms with van der Waals surface area (Å²) in [5.41, 5.74) is 1.27. The quantitative estimate of drug-likeness (QED) is 0.488. The maximum absolute atomic E-state index is 13.0. The van der Waals surface area contributed by atoms with E-state index < -0.39 is 12.1 Å². The third-order valence-electron chi connectivity index (χ3n) is 6.57. The first-order valence-corrected chi connectivity index (χ1v) is 12.1. The molecule has 1 aliphatic carbocycles. The number of methoxy groups -OCH3 is 1. The zero-order valence-electron chi connectivity index (χ0n) is 20.0. The van der Waals surface area contributed by atoms with Crippen molar-refractivity contribution in [3.63, 3.8) is 0 Å². The highest BCUT2D eigenvalue weighted by molar-refractivity contribution is 6.36. The van der Waals surface area contributed by atoms with E-state index >= 15 is 0 Å². The Morgan fingerprint density at radius 1 is 1.32 bits per heavy atom. The Morgan fingerprint density at radius 3 is 2.59 bits per heavy atom. The van der Waals surface area contributed by atoms with Crippen molar-refractivity contribution in [3.8, 4) is 17.0 Å². The van der Waals surface area contributed by atoms with Crippen LogP contribution in [0.3, 0.4) is 0 Å². The molecule has 1 aliphatic rings. The van der Waals surface area contributed by atoms with Gasteiger partial charge in [0.05, 0.1) is 29.3 Å². The molecule has 0 aromatic carbocycles. The Hall–Kier alpha value is -2.29. The average Bonchev–Trinajstić information content (AvgIpc) is 3.13. The van der Waals surface area contributed by atoms with Crippen molar-refractivity contribution < 1.29 is 22.7 Å². The van der Waals surface area contributed by atoms with E-state index in [1.165, 1.54) is 32.2 Å². The zero-order valence-corrected chi connectivity index (χ0v) is 20.8. The van der Waals surface area contributed by atoms with E-state index in [0.717, 1.165) is 25.7 Å². The van der Waals surface area contributed by atoms with Crippen molar-refractivity contribution in [2.75, 3.05) is 13.7 Å². The summed E-state index contributed by atoms with van der Waals surface area (Å²) in [4.78, 5) is 17.1. The third kappa shape index (κ3) is 6.03. The Morgan fingerprint density at radius 2 is 2.00 bits per heavy atom. The maximum Gasteiger partial charge on any atom is 0.391 e. The molecule has 0 unspecified atom stereocenters. The summed E-state index contributed by atoms with van der Waals surface area (Å²) >= 11 is 6.61. The fourth-order valence-electron chi connectivity index (χ4n) is 4.29. The highest BCUT2D eigenvalue weighted by Gasteiger charge is 2.36. The van der Waals surface area contributed by atoms with Crippen LogP contribution in [0.1, 0.15) is 62.6 Å². The van der Waals surface area contributed by atoms with Gasteiger partial charge in [-0.25, -0.2) is 0 Å². The molecule has 10 heteroatoms. The second-order valence-corrected chi connectivity index (χ2v) is 9.56. The SMILES string of the molecule is CCn1nc(C(=O)NCC2CCC(C)CC2)c(Cl)c1-c1cnc(C[C@@H](C)C(F)(F)F)cc1OC. The molecule has 0 saturated heterocycles. The summed E-state index contributed by atoms with van der Waals surface area (Å²) in [7, 11) is 1.43. The Kier molecular flexibility index (Phi) is 8.49. The monoisotopic (exact) mass is 500 g/mol. The number of ether oxygens (including phenoxy) is 1. The van der Waals surface area contributed by atoms with Crippen LogP contribution in [-0.4, -0.2) is 40.5 Å². The van der Waals surface area contributed by atoms with Crippen LogP contribution in [0.25, 0.3) is 11.3 Å². The van der Waals surface area contributed by atoms with Crippen LogP contribution >= 0.6 is 11.6 Å². The number of rotatable bonds is 8. The van der Waals surface area contributed by atoms with Crippen molar-refractivity contribution in [3.05, 3.63) is 28.7 Å². The van der Waals surface area contributed by atoms with Crippen molar-refractivity contribution in [1.82, 2.24) is 20.1 Å². The van der Waals surface area contributed by atoms with E-state index in [1.54, 1.807) is 4.68 Å². The molecular formula is C24H32ClF3N4O2. The lowest BCUT2D eigenvalue weighted by atomic mass is 9.83. The first-order valence-electron chi connectivity index (χ1n) is 11.7. The largest absolute Gasteiger partial charge is 0.496 e. The number of aryl methyl sites for hydroxylation is 1. The Balaban J connectivity index is 1.83. The number of hydrogen-bond donors (Lipinski definition) is 1. The van der Waals surface area contributed by atoms with Crippen LogP contribution in [0.2, 0.25) is 5.02 Å². The molecule has 3 rings (SSSR count). The van der Waals surface area contributed by atoms with E-state index in [9.17, 15) is 18.0 Å². The first kappa shape index (κ1) is 26.3. The van der Waals surface area contributed by atoms with Crippen molar-refractivity contribution in [1.29, 1.82) is 0 Å². The van der Waals surface area contributed by atoms with Crippen LogP contribution in [0.5, 0.6) is 5.75 Å². The minimum absolute atomic E-state index is 0.111. The van der Waals surface area contributed by atoms with E-state index in [0.29, 0.717) is 36.0 Å². The van der Waals surface area contributed by atoms with Gasteiger partial charge in [0.2, 0.25) is 0 Å². The minimum Gasteiger partial charge on any atom is -0.496 e. The predicted molar refractivity (Wildman–Crippen MR) is 125 cm³/mol. The number of nitrogens with one attached hydrogen (secondary N) is 1. The van der Waals surface area contributed by atoms with Gasteiger partial charge in [-0.05, 0) is 31.6 Å². The topological polar surface area (TPSA) is 69.0 Å². The normalized spacial score (nSPS) is 19.6. The number of aromatic nitrogens is 3. The van der Waals surface area contributed by atoms with Gasteiger partial charge >= 0.3 is 6.18 Å². The van der Waals surface area contributed by atoms with Gasteiger partial charge in [-0.3, -0.25) is 14.5 Å². The average molecular weight is 501 g/mol. The Labute approximate surface area is 203 Å². The minimum atomic E-state index is -4.31. The molecule has 2 heterocycles. The van der Waals surface area contributed by atoms with Crippen LogP contribution in [-0.2, 0) is 13.0 Å². The number of alkyl halides is 3. The summed E-state index contributed by atoms with van der Waals surface area (Å²) in [6.45, 7) is 6.23. The van der Waals surface area contributed by atoms with Gasteiger partial charge in [-0.2, -0.15) is 18.3 Å². The zero-order chi connectivity index (χ0) is 25.0. The van der Waals surface area contributed by atoms with Gasteiger partial charge in [-0.1, -0.05) is 38.3 Å². The molecule has 1 saturated carbocycles. The van der Waals surface area contributed by atoms with Crippen molar-refractivity contribution >= 4 is 17.5 Å². The summed E-state index contributed by atoms with van der Waals surface area (Å²) in [6.07, 6.45) is 1.36. The van der Waals surface area contributed by atoms with Crippen LogP contribution in [0.15, 0.2) is 12.3 Å². The second kappa shape index (κ2) is 11.0. The molecule has 1 fully saturated rings. The van der Waals surface area contributed by atoms with E-state index in [-0.39, 0.29) is 28.7 Å². The lowest BCUT2D eigenvalue weighted by Gasteiger charge is -2.26. The molecule has 188 valence electrons. The molecular weight excluding hydrogens is 469 g/mol. The number of nitrogens with zero attached hydrogens (tertiary/aromatic N) is 3. The molecule has 34 heavy (non-hydrogen) atoms. The van der Waals surface area contributed by atoms with Crippen LogP contribution in [0.4, 0.5) is 13.2 Å². The summed E-state index contributed by atoms with van der Waals surface area (Å²) in [5, 5.41) is 7.52. The molecule has 1 amide bonds. The van der Waals surface area contributed by atoms with Crippen LogP contribution < -0.4 is 10.1 Å². The van der Waals surface area contributed by atoms with E-state index in [1.807, 2.05) is 6.92 Å². The van der Waals surface area contributed by atoms with Crippen molar-refractivity contribution in [2.45, 2.75) is 65.6 Å². The lowest BCUT2D eigenvalue weighted by Crippen LogP contribution is -2.31. The van der Waals surface area contributed by atoms with Gasteiger partial charge in [-0.15, -0.1) is 0 Å². The molecule has 1 atom stereocenters. The summed E-state index contributed by atoms with van der Waals surface area (Å²) in [5.74, 6) is -0.389. The standard InChI is InChI=1S/C24H32ClF3N4O2/c1-5-32-22(18-13-29-17(11-19(18)34-4)10-15(3)24(26,27)28)20(25)21(31-32)23(33)30-12-16-8-6-14(2)7-9-16/h11,13-16H,5-10,12H2,1-4H3,(H,30,33)/t14?,15-,16?/m1/s1. The summed E-state index contributed by atoms with van der Waals surface area (Å²) < 4.78 is 45.9. The number of pyridine rings is 1. The molecule has 0 spiro atoms. The molecule has 2 aromatic heterocycles. The highest BCUT2D eigenvalue weighted by atomic mass is 35.5.